The maximum Gasteiger partial charge on any atom is 0.119 e. The molecule has 0 saturated heterocycles. The number of phenols is 1. The van der Waals surface area contributed by atoms with E-state index in [-0.39, 0.29) is 5.41 Å². The van der Waals surface area contributed by atoms with Crippen molar-refractivity contribution in [2.24, 2.45) is 0 Å². The zero-order valence-corrected chi connectivity index (χ0v) is 11.9. The second kappa shape index (κ2) is 5.72. The number of halogens is 1. The van der Waals surface area contributed by atoms with Crippen LogP contribution in [0, 0.1) is 0 Å². The van der Waals surface area contributed by atoms with Crippen molar-refractivity contribution in [1.29, 1.82) is 0 Å². The Morgan fingerprint density at radius 1 is 1.31 bits per heavy atom. The van der Waals surface area contributed by atoms with Gasteiger partial charge in [-0.05, 0) is 12.5 Å². The fourth-order valence-corrected chi connectivity index (χ4v) is 2.50. The van der Waals surface area contributed by atoms with Gasteiger partial charge in [-0.3, -0.25) is 0 Å². The van der Waals surface area contributed by atoms with E-state index in [9.17, 15) is 5.11 Å². The molecule has 16 heavy (non-hydrogen) atoms. The average Bonchev–Trinajstić information content (AvgIpc) is 2.26. The van der Waals surface area contributed by atoms with Crippen LogP contribution in [-0.4, -0.2) is 9.93 Å². The highest BCUT2D eigenvalue weighted by atomic mass is 79.9. The van der Waals surface area contributed by atoms with Crippen molar-refractivity contribution in [3.05, 3.63) is 29.8 Å². The normalized spacial score (nSPS) is 13.8. The summed E-state index contributed by atoms with van der Waals surface area (Å²) in [5.74, 6) is 0.397. The number of para-hydroxylation sites is 1. The maximum atomic E-state index is 9.90. The van der Waals surface area contributed by atoms with E-state index in [1.807, 2.05) is 18.2 Å². The molecule has 0 aliphatic carbocycles. The summed E-state index contributed by atoms with van der Waals surface area (Å²) in [6, 6.07) is 7.62. The molecule has 0 bridgehead atoms. The smallest absolute Gasteiger partial charge is 0.119 e. The van der Waals surface area contributed by atoms with Crippen LogP contribution in [0.4, 0.5) is 0 Å². The van der Waals surface area contributed by atoms with Crippen molar-refractivity contribution in [1.82, 2.24) is 0 Å². The molecule has 90 valence electrons. The lowest BCUT2D eigenvalue weighted by atomic mass is 9.79. The Morgan fingerprint density at radius 2 is 1.94 bits per heavy atom. The molecule has 1 nitrogen and oxygen atoms in total. The minimum atomic E-state index is -0.0412. The monoisotopic (exact) mass is 284 g/mol. The van der Waals surface area contributed by atoms with E-state index in [1.54, 1.807) is 6.07 Å². The van der Waals surface area contributed by atoms with Crippen LogP contribution >= 0.6 is 15.9 Å². The third-order valence-electron chi connectivity index (χ3n) is 3.19. The van der Waals surface area contributed by atoms with Crippen LogP contribution in [0.25, 0.3) is 0 Å². The van der Waals surface area contributed by atoms with Crippen LogP contribution in [0.3, 0.4) is 0 Å². The second-order valence-corrected chi connectivity index (χ2v) is 5.95. The topological polar surface area (TPSA) is 20.2 Å². The Labute approximate surface area is 107 Å². The first-order chi connectivity index (χ1) is 7.50. The zero-order valence-electron chi connectivity index (χ0n) is 10.3. The largest absolute Gasteiger partial charge is 0.508 e. The van der Waals surface area contributed by atoms with Crippen LogP contribution in [0.1, 0.15) is 45.6 Å². The molecular weight excluding hydrogens is 264 g/mol. The maximum absolute atomic E-state index is 9.90. The van der Waals surface area contributed by atoms with Crippen LogP contribution < -0.4 is 0 Å². The summed E-state index contributed by atoms with van der Waals surface area (Å²) in [4.78, 5) is 0.397. The highest BCUT2D eigenvalue weighted by Gasteiger charge is 2.30. The molecule has 0 radical (unpaired) electrons. The quantitative estimate of drug-likeness (QED) is 0.782. The summed E-state index contributed by atoms with van der Waals surface area (Å²) in [7, 11) is 0. The molecule has 2 heteroatoms. The number of hydrogen-bond donors (Lipinski definition) is 1. The Kier molecular flexibility index (Phi) is 4.85. The third-order valence-corrected chi connectivity index (χ3v) is 4.79. The number of alkyl halides is 1. The molecule has 0 aromatic heterocycles. The van der Waals surface area contributed by atoms with Gasteiger partial charge in [-0.15, -0.1) is 0 Å². The van der Waals surface area contributed by atoms with Crippen molar-refractivity contribution in [2.45, 2.75) is 50.3 Å². The Bertz CT molecular complexity index is 333. The van der Waals surface area contributed by atoms with Crippen molar-refractivity contribution >= 4 is 15.9 Å². The van der Waals surface area contributed by atoms with E-state index < -0.39 is 0 Å². The van der Waals surface area contributed by atoms with Crippen molar-refractivity contribution < 1.29 is 5.11 Å². The number of hydrogen-bond acceptors (Lipinski definition) is 1. The van der Waals surface area contributed by atoms with Crippen molar-refractivity contribution in [3.63, 3.8) is 0 Å². The lowest BCUT2D eigenvalue weighted by Crippen LogP contribution is -2.29. The van der Waals surface area contributed by atoms with Gasteiger partial charge in [-0.25, -0.2) is 0 Å². The number of unbranched alkanes of at least 4 members (excludes halogenated alkanes) is 1. The molecular formula is C14H21BrO. The van der Waals surface area contributed by atoms with Gasteiger partial charge in [-0.1, -0.05) is 67.7 Å². The fourth-order valence-electron chi connectivity index (χ4n) is 1.93. The van der Waals surface area contributed by atoms with Gasteiger partial charge in [-0.2, -0.15) is 0 Å². The lowest BCUT2D eigenvalue weighted by Gasteiger charge is -2.31. The predicted molar refractivity (Wildman–Crippen MR) is 73.4 cm³/mol. The minimum Gasteiger partial charge on any atom is -0.508 e. The molecule has 1 atom stereocenters. The predicted octanol–water partition coefficient (Wildman–Crippen LogP) is 4.62. The van der Waals surface area contributed by atoms with E-state index in [1.165, 1.54) is 12.8 Å². The summed E-state index contributed by atoms with van der Waals surface area (Å²) in [6.45, 7) is 6.56. The van der Waals surface area contributed by atoms with Crippen molar-refractivity contribution in [2.75, 3.05) is 0 Å². The summed E-state index contributed by atoms with van der Waals surface area (Å²) >= 11 is 3.76. The van der Waals surface area contributed by atoms with Gasteiger partial charge in [0, 0.05) is 15.8 Å². The van der Waals surface area contributed by atoms with Gasteiger partial charge >= 0.3 is 0 Å². The number of aromatic hydroxyl groups is 1. The standard InChI is InChI=1S/C14H21BrO/c1-4-5-10-13(15)14(2,3)11-8-6-7-9-12(11)16/h6-9,13,16H,4-5,10H2,1-3H3. The summed E-state index contributed by atoms with van der Waals surface area (Å²) in [5.41, 5.74) is 0.980. The third kappa shape index (κ3) is 3.00. The minimum absolute atomic E-state index is 0.0412. The van der Waals surface area contributed by atoms with Gasteiger partial charge in [0.1, 0.15) is 5.75 Å². The van der Waals surface area contributed by atoms with Crippen LogP contribution in [-0.2, 0) is 5.41 Å². The van der Waals surface area contributed by atoms with Crippen LogP contribution in [0.15, 0.2) is 24.3 Å². The Hall–Kier alpha value is -0.500. The van der Waals surface area contributed by atoms with Gasteiger partial charge in [0.05, 0.1) is 0 Å². The molecule has 1 aromatic rings. The van der Waals surface area contributed by atoms with E-state index in [0.29, 0.717) is 10.6 Å². The SMILES string of the molecule is CCCCC(Br)C(C)(C)c1ccccc1O. The van der Waals surface area contributed by atoms with Gasteiger partial charge in [0.25, 0.3) is 0 Å². The molecule has 0 heterocycles. The van der Waals surface area contributed by atoms with Gasteiger partial charge in [0.15, 0.2) is 0 Å². The first-order valence-electron chi connectivity index (χ1n) is 5.92. The number of rotatable bonds is 5. The summed E-state index contributed by atoms with van der Waals surface area (Å²) in [6.07, 6.45) is 3.56. The molecule has 1 aromatic carbocycles. The van der Waals surface area contributed by atoms with E-state index in [0.717, 1.165) is 12.0 Å². The highest BCUT2D eigenvalue weighted by Crippen LogP contribution is 2.38. The van der Waals surface area contributed by atoms with Gasteiger partial charge in [0.2, 0.25) is 0 Å². The molecule has 0 amide bonds. The first kappa shape index (κ1) is 13.6. The highest BCUT2D eigenvalue weighted by molar-refractivity contribution is 9.09. The van der Waals surface area contributed by atoms with E-state index in [2.05, 4.69) is 36.7 Å². The van der Waals surface area contributed by atoms with Crippen molar-refractivity contribution in [3.8, 4) is 5.75 Å². The van der Waals surface area contributed by atoms with Crippen LogP contribution in [0.2, 0.25) is 0 Å². The summed E-state index contributed by atoms with van der Waals surface area (Å²) < 4.78 is 0. The number of benzene rings is 1. The zero-order chi connectivity index (χ0) is 12.2. The number of phenolic OH excluding ortho intramolecular Hbond substituents is 1. The van der Waals surface area contributed by atoms with Crippen LogP contribution in [0.5, 0.6) is 5.75 Å². The fraction of sp³-hybridized carbons (Fsp3) is 0.571. The first-order valence-corrected chi connectivity index (χ1v) is 6.84. The molecule has 0 fully saturated rings. The molecule has 1 unspecified atom stereocenters. The molecule has 0 aliphatic heterocycles. The Balaban J connectivity index is 2.88. The van der Waals surface area contributed by atoms with Gasteiger partial charge < -0.3 is 5.11 Å². The van der Waals surface area contributed by atoms with E-state index >= 15 is 0 Å². The van der Waals surface area contributed by atoms with E-state index in [4.69, 9.17) is 0 Å². The molecule has 0 spiro atoms. The molecule has 1 rings (SSSR count). The molecule has 0 saturated carbocycles. The molecule has 0 aliphatic rings. The molecule has 1 N–H and O–H groups in total. The average molecular weight is 285 g/mol. The lowest BCUT2D eigenvalue weighted by molar-refractivity contribution is 0.419. The second-order valence-electron chi connectivity index (χ2n) is 4.85. The summed E-state index contributed by atoms with van der Waals surface area (Å²) in [5, 5.41) is 9.90. The Morgan fingerprint density at radius 3 is 2.50 bits per heavy atom.